The molecule has 0 aliphatic carbocycles. The Morgan fingerprint density at radius 3 is 2.48 bits per heavy atom. The number of carbonyl (C=O) groups is 1. The van der Waals surface area contributed by atoms with Gasteiger partial charge in [-0.15, -0.1) is 0 Å². The largest absolute Gasteiger partial charge is 0.450 e. The van der Waals surface area contributed by atoms with Gasteiger partial charge in [-0.1, -0.05) is 38.1 Å². The normalized spacial score (nSPS) is 16.3. The van der Waals surface area contributed by atoms with E-state index in [2.05, 4.69) is 19.1 Å². The minimum atomic E-state index is -0.338. The van der Waals surface area contributed by atoms with Gasteiger partial charge in [0.1, 0.15) is 0 Å². The quantitative estimate of drug-likeness (QED) is 0.918. The highest BCUT2D eigenvalue weighted by Gasteiger charge is 2.28. The summed E-state index contributed by atoms with van der Waals surface area (Å²) in [5, 5.41) is 10.4. The second-order valence-electron chi connectivity index (χ2n) is 5.72. The highest BCUT2D eigenvalue weighted by molar-refractivity contribution is 5.67. The molecule has 0 bridgehead atoms. The molecule has 1 heterocycles. The fraction of sp³-hybridized carbons (Fsp3) is 0.632. The first-order valence-corrected chi connectivity index (χ1v) is 8.76. The molecule has 0 unspecified atom stereocenters. The van der Waals surface area contributed by atoms with E-state index >= 15 is 0 Å². The Labute approximate surface area is 140 Å². The summed E-state index contributed by atoms with van der Waals surface area (Å²) in [5.74, 6) is 0.260. The first kappa shape index (κ1) is 19.5. The van der Waals surface area contributed by atoms with Gasteiger partial charge >= 0.3 is 6.09 Å². The molecule has 1 atom stereocenters. The standard InChI is InChI=1S/C17H25NO3.C2H6/c1-3-21-17(20)18-10-8-14(9-11-18)16(19)12-15-7-5-4-6-13(15)2;1-2/h4-7,14,16,19H,3,8-12H2,1-2H3;1-2H3/t16-;/m0./s1. The number of nitrogens with zero attached hydrogens (tertiary/aromatic N) is 1. The molecule has 0 aromatic heterocycles. The van der Waals surface area contributed by atoms with Crippen LogP contribution in [0.15, 0.2) is 24.3 Å². The maximum atomic E-state index is 11.7. The fourth-order valence-corrected chi connectivity index (χ4v) is 2.91. The van der Waals surface area contributed by atoms with Crippen LogP contribution in [0.4, 0.5) is 4.79 Å². The minimum Gasteiger partial charge on any atom is -0.450 e. The molecule has 1 aliphatic rings. The molecule has 2 rings (SSSR count). The fourth-order valence-electron chi connectivity index (χ4n) is 2.91. The molecule has 1 aromatic carbocycles. The van der Waals surface area contributed by atoms with Crippen LogP contribution in [0.1, 0.15) is 44.7 Å². The number of hydrogen-bond acceptors (Lipinski definition) is 3. The molecule has 23 heavy (non-hydrogen) atoms. The lowest BCUT2D eigenvalue weighted by molar-refractivity contribution is 0.0491. The van der Waals surface area contributed by atoms with Gasteiger partial charge in [0.15, 0.2) is 0 Å². The van der Waals surface area contributed by atoms with Gasteiger partial charge < -0.3 is 14.7 Å². The molecule has 0 spiro atoms. The summed E-state index contributed by atoms with van der Waals surface area (Å²) in [7, 11) is 0. The average molecular weight is 321 g/mol. The third kappa shape index (κ3) is 5.87. The van der Waals surface area contributed by atoms with Gasteiger partial charge in [0.2, 0.25) is 0 Å². The van der Waals surface area contributed by atoms with Crippen LogP contribution < -0.4 is 0 Å². The molecule has 1 fully saturated rings. The number of aliphatic hydroxyl groups is 1. The van der Waals surface area contributed by atoms with Gasteiger partial charge in [-0.3, -0.25) is 0 Å². The summed E-state index contributed by atoms with van der Waals surface area (Å²) in [6.45, 7) is 9.65. The summed E-state index contributed by atoms with van der Waals surface area (Å²) < 4.78 is 5.01. The Balaban J connectivity index is 0.00000127. The van der Waals surface area contributed by atoms with Gasteiger partial charge in [-0.2, -0.15) is 0 Å². The lowest BCUT2D eigenvalue weighted by Crippen LogP contribution is -2.42. The van der Waals surface area contributed by atoms with Crippen LogP contribution in [-0.4, -0.2) is 41.9 Å². The van der Waals surface area contributed by atoms with E-state index in [1.54, 1.807) is 4.90 Å². The number of rotatable bonds is 4. The summed E-state index contributed by atoms with van der Waals surface area (Å²) in [4.78, 5) is 13.4. The van der Waals surface area contributed by atoms with Crippen LogP contribution in [-0.2, 0) is 11.2 Å². The average Bonchev–Trinajstić information content (AvgIpc) is 2.59. The van der Waals surface area contributed by atoms with E-state index in [9.17, 15) is 9.90 Å². The van der Waals surface area contributed by atoms with Crippen LogP contribution in [0.25, 0.3) is 0 Å². The van der Waals surface area contributed by atoms with Crippen molar-refractivity contribution in [2.75, 3.05) is 19.7 Å². The van der Waals surface area contributed by atoms with Crippen molar-refractivity contribution in [2.45, 2.75) is 53.1 Å². The molecule has 1 saturated heterocycles. The molecular formula is C19H31NO3. The predicted octanol–water partition coefficient (Wildman–Crippen LogP) is 3.79. The number of likely N-dealkylation sites (tertiary alicyclic amines) is 1. The lowest BCUT2D eigenvalue weighted by atomic mass is 9.87. The number of benzene rings is 1. The Hall–Kier alpha value is -1.55. The number of piperidine rings is 1. The van der Waals surface area contributed by atoms with Crippen LogP contribution in [0.5, 0.6) is 0 Å². The molecule has 4 nitrogen and oxygen atoms in total. The van der Waals surface area contributed by atoms with Crippen molar-refractivity contribution in [1.29, 1.82) is 0 Å². The first-order valence-electron chi connectivity index (χ1n) is 8.76. The molecule has 0 radical (unpaired) electrons. The van der Waals surface area contributed by atoms with Gasteiger partial charge in [0.25, 0.3) is 0 Å². The number of hydrogen-bond donors (Lipinski definition) is 1. The predicted molar refractivity (Wildman–Crippen MR) is 93.6 cm³/mol. The zero-order valence-corrected chi connectivity index (χ0v) is 14.9. The molecule has 130 valence electrons. The van der Waals surface area contributed by atoms with Gasteiger partial charge in [-0.05, 0) is 50.2 Å². The molecule has 1 amide bonds. The topological polar surface area (TPSA) is 49.8 Å². The van der Waals surface area contributed by atoms with Crippen molar-refractivity contribution >= 4 is 6.09 Å². The van der Waals surface area contributed by atoms with Crippen LogP contribution in [0, 0.1) is 12.8 Å². The van der Waals surface area contributed by atoms with Crippen LogP contribution >= 0.6 is 0 Å². The molecule has 1 aliphatic heterocycles. The van der Waals surface area contributed by atoms with Gasteiger partial charge in [0, 0.05) is 13.1 Å². The number of ether oxygens (including phenoxy) is 1. The SMILES string of the molecule is CC.CCOC(=O)N1CCC([C@@H](O)Cc2ccccc2C)CC1. The number of amides is 1. The Morgan fingerprint density at radius 1 is 1.30 bits per heavy atom. The second kappa shape index (κ2) is 10.3. The zero-order chi connectivity index (χ0) is 17.2. The van der Waals surface area contributed by atoms with E-state index in [0.717, 1.165) is 12.8 Å². The number of carbonyl (C=O) groups excluding carboxylic acids is 1. The van der Waals surface area contributed by atoms with E-state index in [1.165, 1.54) is 11.1 Å². The smallest absolute Gasteiger partial charge is 0.409 e. The van der Waals surface area contributed by atoms with Crippen LogP contribution in [0.2, 0.25) is 0 Å². The number of aliphatic hydroxyl groups excluding tert-OH is 1. The lowest BCUT2D eigenvalue weighted by Gasteiger charge is -2.33. The Bertz CT molecular complexity index is 467. The first-order chi connectivity index (χ1) is 11.1. The van der Waals surface area contributed by atoms with E-state index in [0.29, 0.717) is 26.1 Å². The Kier molecular flexibility index (Phi) is 8.70. The van der Waals surface area contributed by atoms with Gasteiger partial charge in [0.05, 0.1) is 12.7 Å². The van der Waals surface area contributed by atoms with Crippen molar-refractivity contribution < 1.29 is 14.6 Å². The van der Waals surface area contributed by atoms with Gasteiger partial charge in [-0.25, -0.2) is 4.79 Å². The third-order valence-corrected chi connectivity index (χ3v) is 4.30. The maximum absolute atomic E-state index is 11.7. The minimum absolute atomic E-state index is 0.232. The van der Waals surface area contributed by atoms with Crippen molar-refractivity contribution in [3.05, 3.63) is 35.4 Å². The summed E-state index contributed by atoms with van der Waals surface area (Å²) >= 11 is 0. The highest BCUT2D eigenvalue weighted by atomic mass is 16.6. The van der Waals surface area contributed by atoms with E-state index in [1.807, 2.05) is 32.9 Å². The monoisotopic (exact) mass is 321 g/mol. The van der Waals surface area contributed by atoms with Crippen molar-refractivity contribution in [3.8, 4) is 0 Å². The molecule has 1 N–H and O–H groups in total. The number of aryl methyl sites for hydroxylation is 1. The molecule has 0 saturated carbocycles. The highest BCUT2D eigenvalue weighted by Crippen LogP contribution is 2.24. The van der Waals surface area contributed by atoms with Crippen molar-refractivity contribution in [3.63, 3.8) is 0 Å². The van der Waals surface area contributed by atoms with Crippen molar-refractivity contribution in [1.82, 2.24) is 4.90 Å². The molecule has 1 aromatic rings. The van der Waals surface area contributed by atoms with Crippen molar-refractivity contribution in [2.24, 2.45) is 5.92 Å². The summed E-state index contributed by atoms with van der Waals surface area (Å²) in [6, 6.07) is 8.18. The Morgan fingerprint density at radius 2 is 1.91 bits per heavy atom. The van der Waals surface area contributed by atoms with E-state index in [4.69, 9.17) is 4.74 Å². The van der Waals surface area contributed by atoms with Crippen LogP contribution in [0.3, 0.4) is 0 Å². The maximum Gasteiger partial charge on any atom is 0.409 e. The summed E-state index contributed by atoms with van der Waals surface area (Å²) in [5.41, 5.74) is 2.43. The van der Waals surface area contributed by atoms with E-state index in [-0.39, 0.29) is 18.1 Å². The van der Waals surface area contributed by atoms with E-state index < -0.39 is 0 Å². The third-order valence-electron chi connectivity index (χ3n) is 4.30. The zero-order valence-electron chi connectivity index (χ0n) is 14.9. The summed E-state index contributed by atoms with van der Waals surface area (Å²) in [6.07, 6.45) is 1.80. The molecule has 4 heteroatoms. The second-order valence-corrected chi connectivity index (χ2v) is 5.72. The molecular weight excluding hydrogens is 290 g/mol.